The molecular formula is C12H18N2O4S2. The molecule has 1 aromatic heterocycles. The summed E-state index contributed by atoms with van der Waals surface area (Å²) in [6.45, 7) is 1.56. The number of esters is 1. The van der Waals surface area contributed by atoms with E-state index in [-0.39, 0.29) is 15.5 Å². The van der Waals surface area contributed by atoms with Crippen LogP contribution in [0.2, 0.25) is 0 Å². The van der Waals surface area contributed by atoms with Gasteiger partial charge in [0.25, 0.3) is 0 Å². The number of nitrogen functional groups attached to an aromatic ring is 1. The number of nitrogens with two attached hydrogens (primary N) is 1. The SMILES string of the molecule is COC(=O)c1sc(N2CCCCC2)c(S(C)(=O)=O)c1N. The van der Waals surface area contributed by atoms with E-state index in [1.54, 1.807) is 0 Å². The van der Waals surface area contributed by atoms with Crippen molar-refractivity contribution in [2.45, 2.75) is 24.2 Å². The van der Waals surface area contributed by atoms with Crippen molar-refractivity contribution in [1.82, 2.24) is 0 Å². The Labute approximate surface area is 122 Å². The van der Waals surface area contributed by atoms with Gasteiger partial charge in [0.2, 0.25) is 0 Å². The molecule has 0 saturated carbocycles. The highest BCUT2D eigenvalue weighted by atomic mass is 32.2. The van der Waals surface area contributed by atoms with Crippen LogP contribution < -0.4 is 10.6 Å². The third-order valence-electron chi connectivity index (χ3n) is 3.27. The molecule has 2 N–H and O–H groups in total. The van der Waals surface area contributed by atoms with E-state index < -0.39 is 15.8 Å². The molecule has 0 amide bonds. The number of rotatable bonds is 3. The molecule has 0 aliphatic carbocycles. The van der Waals surface area contributed by atoms with Crippen molar-refractivity contribution in [3.05, 3.63) is 4.88 Å². The molecule has 0 spiro atoms. The normalized spacial score (nSPS) is 16.2. The molecule has 6 nitrogen and oxygen atoms in total. The number of sulfone groups is 1. The summed E-state index contributed by atoms with van der Waals surface area (Å²) in [6, 6.07) is 0. The lowest BCUT2D eigenvalue weighted by Gasteiger charge is -2.28. The molecule has 1 aliphatic rings. The van der Waals surface area contributed by atoms with Gasteiger partial charge >= 0.3 is 5.97 Å². The van der Waals surface area contributed by atoms with Gasteiger partial charge in [-0.3, -0.25) is 0 Å². The van der Waals surface area contributed by atoms with E-state index in [0.717, 1.165) is 49.9 Å². The van der Waals surface area contributed by atoms with Gasteiger partial charge < -0.3 is 15.4 Å². The maximum Gasteiger partial charge on any atom is 0.350 e. The number of ether oxygens (including phenoxy) is 1. The van der Waals surface area contributed by atoms with E-state index in [4.69, 9.17) is 5.73 Å². The molecular weight excluding hydrogens is 300 g/mol. The van der Waals surface area contributed by atoms with Gasteiger partial charge in [0.15, 0.2) is 9.84 Å². The smallest absolute Gasteiger partial charge is 0.350 e. The predicted molar refractivity (Wildman–Crippen MR) is 79.2 cm³/mol. The summed E-state index contributed by atoms with van der Waals surface area (Å²) in [4.78, 5) is 13.9. The van der Waals surface area contributed by atoms with Crippen LogP contribution in [0.5, 0.6) is 0 Å². The maximum atomic E-state index is 12.0. The Morgan fingerprint density at radius 3 is 2.40 bits per heavy atom. The van der Waals surface area contributed by atoms with E-state index in [9.17, 15) is 13.2 Å². The van der Waals surface area contributed by atoms with E-state index in [0.29, 0.717) is 5.00 Å². The molecule has 8 heteroatoms. The van der Waals surface area contributed by atoms with Crippen LogP contribution in [-0.4, -0.2) is 40.8 Å². The van der Waals surface area contributed by atoms with Crippen LogP contribution in [0, 0.1) is 0 Å². The van der Waals surface area contributed by atoms with Gasteiger partial charge in [-0.25, -0.2) is 13.2 Å². The molecule has 1 aromatic rings. The summed E-state index contributed by atoms with van der Waals surface area (Å²) in [5, 5.41) is 0.560. The zero-order chi connectivity index (χ0) is 14.9. The van der Waals surface area contributed by atoms with Gasteiger partial charge in [-0.1, -0.05) is 0 Å². The third kappa shape index (κ3) is 2.76. The molecule has 0 unspecified atom stereocenters. The van der Waals surface area contributed by atoms with E-state index in [1.165, 1.54) is 7.11 Å². The van der Waals surface area contributed by atoms with Crippen molar-refractivity contribution in [1.29, 1.82) is 0 Å². The molecule has 1 aliphatic heterocycles. The van der Waals surface area contributed by atoms with Crippen LogP contribution in [0.15, 0.2) is 4.90 Å². The fourth-order valence-electron chi connectivity index (χ4n) is 2.32. The number of thiophene rings is 1. The summed E-state index contributed by atoms with van der Waals surface area (Å²) < 4.78 is 28.6. The minimum Gasteiger partial charge on any atom is -0.465 e. The Morgan fingerprint density at radius 1 is 1.30 bits per heavy atom. The first kappa shape index (κ1) is 15.1. The number of nitrogens with zero attached hydrogens (tertiary/aromatic N) is 1. The van der Waals surface area contributed by atoms with Crippen molar-refractivity contribution in [2.75, 3.05) is 37.1 Å². The summed E-state index contributed by atoms with van der Waals surface area (Å²) in [6.07, 6.45) is 4.26. The van der Waals surface area contributed by atoms with Crippen molar-refractivity contribution in [2.24, 2.45) is 0 Å². The Hall–Kier alpha value is -1.28. The highest BCUT2D eigenvalue weighted by Crippen LogP contribution is 2.42. The van der Waals surface area contributed by atoms with Crippen LogP contribution in [-0.2, 0) is 14.6 Å². The monoisotopic (exact) mass is 318 g/mol. The number of hydrogen-bond donors (Lipinski definition) is 1. The zero-order valence-corrected chi connectivity index (χ0v) is 13.1. The molecule has 20 heavy (non-hydrogen) atoms. The standard InChI is InChI=1S/C12H18N2O4S2/c1-18-12(15)9-8(13)10(20(2,16)17)11(19-9)14-6-4-3-5-7-14/h3-7,13H2,1-2H3. The molecule has 2 rings (SSSR count). The quantitative estimate of drug-likeness (QED) is 0.850. The lowest BCUT2D eigenvalue weighted by Crippen LogP contribution is -2.29. The topological polar surface area (TPSA) is 89.7 Å². The van der Waals surface area contributed by atoms with Crippen molar-refractivity contribution >= 4 is 37.8 Å². The predicted octanol–water partition coefficient (Wildman–Crippen LogP) is 1.51. The fourth-order valence-corrected chi connectivity index (χ4v) is 5.00. The van der Waals surface area contributed by atoms with Crippen molar-refractivity contribution in [3.63, 3.8) is 0 Å². The average Bonchev–Trinajstić information content (AvgIpc) is 2.76. The number of carbonyl (C=O) groups is 1. The van der Waals surface area contributed by atoms with Crippen LogP contribution in [0.4, 0.5) is 10.7 Å². The maximum absolute atomic E-state index is 12.0. The number of anilines is 2. The van der Waals surface area contributed by atoms with Crippen LogP contribution in [0.1, 0.15) is 28.9 Å². The molecule has 1 saturated heterocycles. The van der Waals surface area contributed by atoms with Crippen LogP contribution in [0.25, 0.3) is 0 Å². The molecule has 112 valence electrons. The fraction of sp³-hybridized carbons (Fsp3) is 0.583. The highest BCUT2D eigenvalue weighted by molar-refractivity contribution is 7.91. The second-order valence-corrected chi connectivity index (χ2v) is 7.74. The van der Waals surface area contributed by atoms with E-state index >= 15 is 0 Å². The van der Waals surface area contributed by atoms with Gasteiger partial charge in [0.05, 0.1) is 12.8 Å². The molecule has 0 aromatic carbocycles. The van der Waals surface area contributed by atoms with Gasteiger partial charge in [0.1, 0.15) is 14.8 Å². The first-order valence-electron chi connectivity index (χ1n) is 6.32. The first-order valence-corrected chi connectivity index (χ1v) is 9.02. The Bertz CT molecular complexity index is 616. The highest BCUT2D eigenvalue weighted by Gasteiger charge is 2.30. The number of piperidine rings is 1. The second-order valence-electron chi connectivity index (χ2n) is 4.79. The second kappa shape index (κ2) is 5.61. The van der Waals surface area contributed by atoms with Gasteiger partial charge in [0, 0.05) is 19.3 Å². The lowest BCUT2D eigenvalue weighted by atomic mass is 10.1. The van der Waals surface area contributed by atoms with Gasteiger partial charge in [-0.15, -0.1) is 11.3 Å². The summed E-state index contributed by atoms with van der Waals surface area (Å²) >= 11 is 1.10. The van der Waals surface area contributed by atoms with Crippen LogP contribution in [0.3, 0.4) is 0 Å². The molecule has 0 bridgehead atoms. The molecule has 0 radical (unpaired) electrons. The van der Waals surface area contributed by atoms with Crippen molar-refractivity contribution < 1.29 is 17.9 Å². The summed E-state index contributed by atoms with van der Waals surface area (Å²) in [5.74, 6) is -0.597. The molecule has 1 fully saturated rings. The molecule has 2 heterocycles. The third-order valence-corrected chi connectivity index (χ3v) is 5.80. The van der Waals surface area contributed by atoms with Crippen molar-refractivity contribution in [3.8, 4) is 0 Å². The number of hydrogen-bond acceptors (Lipinski definition) is 7. The van der Waals surface area contributed by atoms with E-state index in [2.05, 4.69) is 4.74 Å². The Morgan fingerprint density at radius 2 is 1.90 bits per heavy atom. The minimum absolute atomic E-state index is 0.00456. The Balaban J connectivity index is 2.57. The first-order chi connectivity index (χ1) is 9.36. The van der Waals surface area contributed by atoms with Crippen LogP contribution >= 0.6 is 11.3 Å². The summed E-state index contributed by atoms with van der Waals surface area (Å²) in [5.41, 5.74) is 5.88. The number of carbonyl (C=O) groups excluding carboxylic acids is 1. The molecule has 0 atom stereocenters. The summed E-state index contributed by atoms with van der Waals surface area (Å²) in [7, 11) is -2.25. The van der Waals surface area contributed by atoms with Gasteiger partial charge in [-0.2, -0.15) is 0 Å². The minimum atomic E-state index is -3.50. The zero-order valence-electron chi connectivity index (χ0n) is 11.5. The van der Waals surface area contributed by atoms with E-state index in [1.807, 2.05) is 4.90 Å². The average molecular weight is 318 g/mol. The Kier molecular flexibility index (Phi) is 4.24. The van der Waals surface area contributed by atoms with Gasteiger partial charge in [-0.05, 0) is 19.3 Å². The lowest BCUT2D eigenvalue weighted by molar-refractivity contribution is 0.0607. The largest absolute Gasteiger partial charge is 0.465 e. The number of methoxy groups -OCH3 is 1.